The Labute approximate surface area is 119 Å². The van der Waals surface area contributed by atoms with E-state index in [0.717, 1.165) is 36.3 Å². The van der Waals surface area contributed by atoms with E-state index in [0.29, 0.717) is 0 Å². The quantitative estimate of drug-likeness (QED) is 0.904. The van der Waals surface area contributed by atoms with Crippen LogP contribution < -0.4 is 10.2 Å². The van der Waals surface area contributed by atoms with Gasteiger partial charge in [0.25, 0.3) is 5.91 Å². The maximum absolute atomic E-state index is 12.6. The van der Waals surface area contributed by atoms with Crippen molar-refractivity contribution < 1.29 is 4.79 Å². The largest absolute Gasteiger partial charge is 0.388 e. The van der Waals surface area contributed by atoms with Crippen LogP contribution in [0, 0.1) is 0 Å². The minimum absolute atomic E-state index is 0.0868. The van der Waals surface area contributed by atoms with Gasteiger partial charge in [-0.2, -0.15) is 0 Å². The Morgan fingerprint density at radius 1 is 1.15 bits per heavy atom. The van der Waals surface area contributed by atoms with E-state index in [1.165, 1.54) is 5.56 Å². The highest BCUT2D eigenvalue weighted by Gasteiger charge is 2.23. The van der Waals surface area contributed by atoms with E-state index in [9.17, 15) is 4.79 Å². The summed E-state index contributed by atoms with van der Waals surface area (Å²) in [6, 6.07) is 15.7. The fraction of sp³-hybridized carbons (Fsp3) is 0.235. The zero-order chi connectivity index (χ0) is 13.9. The molecule has 0 aromatic heterocycles. The number of benzene rings is 2. The number of hydrogen-bond acceptors (Lipinski definition) is 2. The molecule has 0 atom stereocenters. The van der Waals surface area contributed by atoms with E-state index in [4.69, 9.17) is 0 Å². The summed E-state index contributed by atoms with van der Waals surface area (Å²) in [5, 5.41) is 3.15. The molecule has 2 aromatic carbocycles. The number of aryl methyl sites for hydroxylation is 1. The molecule has 1 amide bonds. The molecule has 3 heteroatoms. The summed E-state index contributed by atoms with van der Waals surface area (Å²) in [5.41, 5.74) is 4.13. The van der Waals surface area contributed by atoms with Gasteiger partial charge in [0, 0.05) is 30.5 Å². The number of carbonyl (C=O) groups is 1. The Hall–Kier alpha value is -2.29. The number of fused-ring (bicyclic) bond motifs is 1. The Bertz CT molecular complexity index is 622. The van der Waals surface area contributed by atoms with Gasteiger partial charge in [-0.15, -0.1) is 0 Å². The SMILES string of the molecule is CNc1ccc2c(c1)CCCN2C(=O)c1ccccc1. The lowest BCUT2D eigenvalue weighted by atomic mass is 10.00. The van der Waals surface area contributed by atoms with Crippen molar-refractivity contribution in [3.8, 4) is 0 Å². The summed E-state index contributed by atoms with van der Waals surface area (Å²) in [5.74, 6) is 0.0868. The van der Waals surface area contributed by atoms with Gasteiger partial charge < -0.3 is 10.2 Å². The summed E-state index contributed by atoms with van der Waals surface area (Å²) >= 11 is 0. The Morgan fingerprint density at radius 2 is 1.95 bits per heavy atom. The predicted octanol–water partition coefficient (Wildman–Crippen LogP) is 3.32. The summed E-state index contributed by atoms with van der Waals surface area (Å²) in [6.45, 7) is 0.791. The lowest BCUT2D eigenvalue weighted by molar-refractivity contribution is 0.0985. The fourth-order valence-electron chi connectivity index (χ4n) is 2.70. The Morgan fingerprint density at radius 3 is 2.70 bits per heavy atom. The zero-order valence-electron chi connectivity index (χ0n) is 11.6. The summed E-state index contributed by atoms with van der Waals surface area (Å²) in [6.07, 6.45) is 2.04. The fourth-order valence-corrected chi connectivity index (χ4v) is 2.70. The van der Waals surface area contributed by atoms with Crippen LogP contribution >= 0.6 is 0 Å². The molecule has 1 heterocycles. The first-order chi connectivity index (χ1) is 9.79. The molecule has 0 fully saturated rings. The molecular formula is C17H18N2O. The number of hydrogen-bond donors (Lipinski definition) is 1. The van der Waals surface area contributed by atoms with Gasteiger partial charge in [-0.25, -0.2) is 0 Å². The van der Waals surface area contributed by atoms with Gasteiger partial charge in [-0.05, 0) is 48.7 Å². The summed E-state index contributed by atoms with van der Waals surface area (Å²) in [7, 11) is 1.91. The second-order valence-electron chi connectivity index (χ2n) is 5.02. The highest BCUT2D eigenvalue weighted by molar-refractivity contribution is 6.06. The van der Waals surface area contributed by atoms with Crippen molar-refractivity contribution in [1.29, 1.82) is 0 Å². The lowest BCUT2D eigenvalue weighted by Crippen LogP contribution is -2.35. The summed E-state index contributed by atoms with van der Waals surface area (Å²) < 4.78 is 0. The normalized spacial score (nSPS) is 13.8. The molecule has 1 aliphatic rings. The number of rotatable bonds is 2. The van der Waals surface area contributed by atoms with Gasteiger partial charge in [0.2, 0.25) is 0 Å². The molecule has 1 aliphatic heterocycles. The minimum Gasteiger partial charge on any atom is -0.388 e. The molecule has 102 valence electrons. The highest BCUT2D eigenvalue weighted by Crippen LogP contribution is 2.30. The van der Waals surface area contributed by atoms with Crippen LogP contribution in [0.5, 0.6) is 0 Å². The van der Waals surface area contributed by atoms with Crippen LogP contribution in [0.1, 0.15) is 22.3 Å². The van der Waals surface area contributed by atoms with E-state index in [1.807, 2.05) is 54.4 Å². The van der Waals surface area contributed by atoms with Gasteiger partial charge in [0.05, 0.1) is 0 Å². The predicted molar refractivity (Wildman–Crippen MR) is 82.4 cm³/mol. The first-order valence-corrected chi connectivity index (χ1v) is 6.97. The number of carbonyl (C=O) groups excluding carboxylic acids is 1. The molecule has 0 aliphatic carbocycles. The average Bonchev–Trinajstić information content (AvgIpc) is 2.54. The van der Waals surface area contributed by atoms with Crippen molar-refractivity contribution in [2.24, 2.45) is 0 Å². The third-order valence-electron chi connectivity index (χ3n) is 3.75. The van der Waals surface area contributed by atoms with Crippen molar-refractivity contribution in [3.05, 3.63) is 59.7 Å². The Balaban J connectivity index is 1.96. The molecule has 0 saturated carbocycles. The molecule has 1 N–H and O–H groups in total. The van der Waals surface area contributed by atoms with Crippen LogP contribution in [0.2, 0.25) is 0 Å². The second-order valence-corrected chi connectivity index (χ2v) is 5.02. The monoisotopic (exact) mass is 266 g/mol. The number of anilines is 2. The smallest absolute Gasteiger partial charge is 0.258 e. The number of amides is 1. The van der Waals surface area contributed by atoms with Crippen LogP contribution in [0.25, 0.3) is 0 Å². The van der Waals surface area contributed by atoms with Crippen LogP contribution in [-0.2, 0) is 6.42 Å². The topological polar surface area (TPSA) is 32.3 Å². The van der Waals surface area contributed by atoms with Crippen LogP contribution in [-0.4, -0.2) is 19.5 Å². The first kappa shape index (κ1) is 12.7. The third-order valence-corrected chi connectivity index (χ3v) is 3.75. The van der Waals surface area contributed by atoms with Gasteiger partial charge in [0.1, 0.15) is 0 Å². The van der Waals surface area contributed by atoms with Gasteiger partial charge in [-0.1, -0.05) is 18.2 Å². The van der Waals surface area contributed by atoms with Crippen LogP contribution in [0.3, 0.4) is 0 Å². The van der Waals surface area contributed by atoms with E-state index in [-0.39, 0.29) is 5.91 Å². The number of nitrogens with one attached hydrogen (secondary N) is 1. The van der Waals surface area contributed by atoms with Crippen molar-refractivity contribution in [1.82, 2.24) is 0 Å². The van der Waals surface area contributed by atoms with Crippen LogP contribution in [0.4, 0.5) is 11.4 Å². The molecular weight excluding hydrogens is 248 g/mol. The second kappa shape index (κ2) is 5.37. The van der Waals surface area contributed by atoms with E-state index < -0.39 is 0 Å². The van der Waals surface area contributed by atoms with E-state index in [1.54, 1.807) is 0 Å². The molecule has 0 radical (unpaired) electrons. The average molecular weight is 266 g/mol. The molecule has 0 unspecified atom stereocenters. The maximum Gasteiger partial charge on any atom is 0.258 e. The zero-order valence-corrected chi connectivity index (χ0v) is 11.6. The molecule has 3 nitrogen and oxygen atoms in total. The Kier molecular flexibility index (Phi) is 3.42. The van der Waals surface area contributed by atoms with Crippen molar-refractivity contribution in [2.45, 2.75) is 12.8 Å². The first-order valence-electron chi connectivity index (χ1n) is 6.97. The molecule has 3 rings (SSSR count). The van der Waals surface area contributed by atoms with E-state index in [2.05, 4.69) is 11.4 Å². The van der Waals surface area contributed by atoms with Gasteiger partial charge in [0.15, 0.2) is 0 Å². The van der Waals surface area contributed by atoms with Crippen molar-refractivity contribution >= 4 is 17.3 Å². The standard InChI is InChI=1S/C17H18N2O/c1-18-15-9-10-16-14(12-15)8-5-11-19(16)17(20)13-6-3-2-4-7-13/h2-4,6-7,9-10,12,18H,5,8,11H2,1H3. The van der Waals surface area contributed by atoms with E-state index >= 15 is 0 Å². The number of nitrogens with zero attached hydrogens (tertiary/aromatic N) is 1. The van der Waals surface area contributed by atoms with Crippen LogP contribution in [0.15, 0.2) is 48.5 Å². The van der Waals surface area contributed by atoms with Crippen molar-refractivity contribution in [2.75, 3.05) is 23.8 Å². The minimum atomic E-state index is 0.0868. The lowest BCUT2D eigenvalue weighted by Gasteiger charge is -2.30. The third kappa shape index (κ3) is 2.27. The molecule has 0 saturated heterocycles. The molecule has 20 heavy (non-hydrogen) atoms. The molecule has 0 spiro atoms. The van der Waals surface area contributed by atoms with Gasteiger partial charge >= 0.3 is 0 Å². The summed E-state index contributed by atoms with van der Waals surface area (Å²) in [4.78, 5) is 14.5. The molecule has 2 aromatic rings. The highest BCUT2D eigenvalue weighted by atomic mass is 16.2. The van der Waals surface area contributed by atoms with Crippen molar-refractivity contribution in [3.63, 3.8) is 0 Å². The molecule has 0 bridgehead atoms. The maximum atomic E-state index is 12.6. The van der Waals surface area contributed by atoms with Gasteiger partial charge in [-0.3, -0.25) is 4.79 Å².